The SMILES string of the molecule is CC(C)(C)C1CCOCC1=O. The maximum absolute atomic E-state index is 11.3. The molecule has 2 heteroatoms. The molecule has 11 heavy (non-hydrogen) atoms. The highest BCUT2D eigenvalue weighted by molar-refractivity contribution is 5.83. The second kappa shape index (κ2) is 2.94. The van der Waals surface area contributed by atoms with Gasteiger partial charge in [0.2, 0.25) is 0 Å². The van der Waals surface area contributed by atoms with Crippen molar-refractivity contribution in [2.24, 2.45) is 11.3 Å². The monoisotopic (exact) mass is 156 g/mol. The van der Waals surface area contributed by atoms with Gasteiger partial charge in [0.05, 0.1) is 0 Å². The number of rotatable bonds is 0. The predicted molar refractivity (Wildman–Crippen MR) is 43.4 cm³/mol. The zero-order valence-corrected chi connectivity index (χ0v) is 7.52. The number of carbonyl (C=O) groups is 1. The van der Waals surface area contributed by atoms with Crippen LogP contribution in [0.1, 0.15) is 27.2 Å². The van der Waals surface area contributed by atoms with E-state index in [9.17, 15) is 4.79 Å². The van der Waals surface area contributed by atoms with Gasteiger partial charge in [0.1, 0.15) is 6.61 Å². The van der Waals surface area contributed by atoms with E-state index in [0.29, 0.717) is 6.61 Å². The van der Waals surface area contributed by atoms with Crippen molar-refractivity contribution in [2.45, 2.75) is 27.2 Å². The van der Waals surface area contributed by atoms with E-state index in [0.717, 1.165) is 13.0 Å². The summed E-state index contributed by atoms with van der Waals surface area (Å²) < 4.78 is 5.06. The molecule has 1 heterocycles. The first kappa shape index (κ1) is 8.72. The number of hydrogen-bond acceptors (Lipinski definition) is 2. The first-order chi connectivity index (χ1) is 5.02. The molecular formula is C9H16O2. The van der Waals surface area contributed by atoms with Crippen molar-refractivity contribution >= 4 is 5.78 Å². The molecule has 0 radical (unpaired) electrons. The van der Waals surface area contributed by atoms with Crippen LogP contribution in [-0.4, -0.2) is 19.0 Å². The summed E-state index contributed by atoms with van der Waals surface area (Å²) in [5, 5.41) is 0. The van der Waals surface area contributed by atoms with E-state index in [1.807, 2.05) is 0 Å². The molecule has 1 saturated heterocycles. The minimum atomic E-state index is 0.112. The molecule has 1 atom stereocenters. The largest absolute Gasteiger partial charge is 0.374 e. The Hall–Kier alpha value is -0.370. The zero-order valence-electron chi connectivity index (χ0n) is 7.52. The molecule has 0 aromatic heterocycles. The van der Waals surface area contributed by atoms with E-state index < -0.39 is 0 Å². The van der Waals surface area contributed by atoms with Gasteiger partial charge in [-0.2, -0.15) is 0 Å². The van der Waals surface area contributed by atoms with Gasteiger partial charge in [-0.3, -0.25) is 4.79 Å². The van der Waals surface area contributed by atoms with Crippen LogP contribution in [0.4, 0.5) is 0 Å². The Bertz CT molecular complexity index is 155. The third kappa shape index (κ3) is 2.03. The Kier molecular flexibility index (Phi) is 2.33. The van der Waals surface area contributed by atoms with Gasteiger partial charge in [0.25, 0.3) is 0 Å². The minimum absolute atomic E-state index is 0.112. The predicted octanol–water partition coefficient (Wildman–Crippen LogP) is 1.64. The lowest BCUT2D eigenvalue weighted by Crippen LogP contribution is -2.36. The van der Waals surface area contributed by atoms with Gasteiger partial charge in [-0.15, -0.1) is 0 Å². The van der Waals surface area contributed by atoms with Gasteiger partial charge in [0.15, 0.2) is 5.78 Å². The molecule has 1 aliphatic rings. The van der Waals surface area contributed by atoms with Crippen LogP contribution in [0.3, 0.4) is 0 Å². The molecular weight excluding hydrogens is 140 g/mol. The normalized spacial score (nSPS) is 27.2. The maximum atomic E-state index is 11.3. The summed E-state index contributed by atoms with van der Waals surface area (Å²) in [6.07, 6.45) is 0.891. The molecule has 64 valence electrons. The van der Waals surface area contributed by atoms with Crippen molar-refractivity contribution in [3.8, 4) is 0 Å². The third-order valence-electron chi connectivity index (χ3n) is 2.23. The average Bonchev–Trinajstić information content (AvgIpc) is 1.86. The lowest BCUT2D eigenvalue weighted by atomic mass is 9.76. The summed E-state index contributed by atoms with van der Waals surface area (Å²) in [7, 11) is 0. The third-order valence-corrected chi connectivity index (χ3v) is 2.23. The molecule has 0 amide bonds. The van der Waals surface area contributed by atoms with Crippen LogP contribution in [0.15, 0.2) is 0 Å². The Balaban J connectivity index is 2.62. The molecule has 1 unspecified atom stereocenters. The number of ether oxygens (including phenoxy) is 1. The van der Waals surface area contributed by atoms with Gasteiger partial charge in [-0.05, 0) is 11.8 Å². The summed E-state index contributed by atoms with van der Waals surface area (Å²) in [5.41, 5.74) is 0.112. The Morgan fingerprint density at radius 1 is 1.45 bits per heavy atom. The van der Waals surface area contributed by atoms with E-state index in [-0.39, 0.29) is 17.1 Å². The van der Waals surface area contributed by atoms with E-state index in [4.69, 9.17) is 4.74 Å². The van der Waals surface area contributed by atoms with Crippen LogP contribution in [0.25, 0.3) is 0 Å². The lowest BCUT2D eigenvalue weighted by Gasteiger charge is -2.32. The molecule has 1 fully saturated rings. The van der Waals surface area contributed by atoms with E-state index in [1.165, 1.54) is 0 Å². The van der Waals surface area contributed by atoms with Crippen molar-refractivity contribution in [2.75, 3.05) is 13.2 Å². The summed E-state index contributed by atoms with van der Waals surface area (Å²) >= 11 is 0. The number of Topliss-reactive ketones (excluding diaryl/α,β-unsaturated/α-hetero) is 1. The quantitative estimate of drug-likeness (QED) is 0.533. The fraction of sp³-hybridized carbons (Fsp3) is 0.889. The van der Waals surface area contributed by atoms with Crippen LogP contribution in [-0.2, 0) is 9.53 Å². The van der Waals surface area contributed by atoms with Crippen LogP contribution >= 0.6 is 0 Å². The summed E-state index contributed by atoms with van der Waals surface area (Å²) in [4.78, 5) is 11.3. The molecule has 2 nitrogen and oxygen atoms in total. The van der Waals surface area contributed by atoms with E-state index >= 15 is 0 Å². The van der Waals surface area contributed by atoms with E-state index in [2.05, 4.69) is 20.8 Å². The highest BCUT2D eigenvalue weighted by Crippen LogP contribution is 2.31. The Morgan fingerprint density at radius 2 is 2.09 bits per heavy atom. The number of ketones is 1. The maximum Gasteiger partial charge on any atom is 0.162 e. The molecule has 0 spiro atoms. The van der Waals surface area contributed by atoms with Gasteiger partial charge in [-0.1, -0.05) is 20.8 Å². The topological polar surface area (TPSA) is 26.3 Å². The molecule has 0 bridgehead atoms. The van der Waals surface area contributed by atoms with Crippen LogP contribution < -0.4 is 0 Å². The molecule has 0 aromatic carbocycles. The Morgan fingerprint density at radius 3 is 2.45 bits per heavy atom. The zero-order chi connectivity index (χ0) is 8.48. The molecule has 0 aliphatic carbocycles. The summed E-state index contributed by atoms with van der Waals surface area (Å²) in [6.45, 7) is 7.40. The summed E-state index contributed by atoms with van der Waals surface area (Å²) in [5.74, 6) is 0.472. The van der Waals surface area contributed by atoms with Crippen LogP contribution in [0.5, 0.6) is 0 Å². The molecule has 0 N–H and O–H groups in total. The first-order valence-corrected chi connectivity index (χ1v) is 4.12. The van der Waals surface area contributed by atoms with Crippen LogP contribution in [0, 0.1) is 11.3 Å². The molecule has 1 rings (SSSR count). The van der Waals surface area contributed by atoms with Gasteiger partial charge in [-0.25, -0.2) is 0 Å². The standard InChI is InChI=1S/C9H16O2/c1-9(2,3)7-4-5-11-6-8(7)10/h7H,4-6H2,1-3H3. The number of hydrogen-bond donors (Lipinski definition) is 0. The van der Waals surface area contributed by atoms with Crippen molar-refractivity contribution in [3.05, 3.63) is 0 Å². The van der Waals surface area contributed by atoms with Gasteiger partial charge >= 0.3 is 0 Å². The van der Waals surface area contributed by atoms with Crippen molar-refractivity contribution in [3.63, 3.8) is 0 Å². The fourth-order valence-electron chi connectivity index (χ4n) is 1.55. The van der Waals surface area contributed by atoms with Crippen molar-refractivity contribution < 1.29 is 9.53 Å². The molecule has 0 saturated carbocycles. The Labute approximate surface area is 67.9 Å². The van der Waals surface area contributed by atoms with Crippen LogP contribution in [0.2, 0.25) is 0 Å². The summed E-state index contributed by atoms with van der Waals surface area (Å²) in [6, 6.07) is 0. The second-order valence-corrected chi connectivity index (χ2v) is 4.23. The van der Waals surface area contributed by atoms with Crippen molar-refractivity contribution in [1.29, 1.82) is 0 Å². The van der Waals surface area contributed by atoms with Gasteiger partial charge in [0, 0.05) is 12.5 Å². The average molecular weight is 156 g/mol. The number of carbonyl (C=O) groups excluding carboxylic acids is 1. The molecule has 0 aromatic rings. The highest BCUT2D eigenvalue weighted by atomic mass is 16.5. The van der Waals surface area contributed by atoms with E-state index in [1.54, 1.807) is 0 Å². The van der Waals surface area contributed by atoms with Crippen molar-refractivity contribution in [1.82, 2.24) is 0 Å². The smallest absolute Gasteiger partial charge is 0.162 e. The minimum Gasteiger partial charge on any atom is -0.374 e. The van der Waals surface area contributed by atoms with Gasteiger partial charge < -0.3 is 4.74 Å². The highest BCUT2D eigenvalue weighted by Gasteiger charge is 2.32. The second-order valence-electron chi connectivity index (χ2n) is 4.23. The lowest BCUT2D eigenvalue weighted by molar-refractivity contribution is -0.136. The fourth-order valence-corrected chi connectivity index (χ4v) is 1.55. The first-order valence-electron chi connectivity index (χ1n) is 4.12. The molecule has 1 aliphatic heterocycles.